The van der Waals surface area contributed by atoms with E-state index in [-0.39, 0.29) is 22.9 Å². The second-order valence-corrected chi connectivity index (χ2v) is 5.01. The molecule has 0 heterocycles. The van der Waals surface area contributed by atoms with Crippen LogP contribution in [-0.2, 0) is 4.74 Å². The van der Waals surface area contributed by atoms with Crippen LogP contribution in [-0.4, -0.2) is 23.6 Å². The van der Waals surface area contributed by atoms with Crippen LogP contribution in [0.1, 0.15) is 26.3 Å². The van der Waals surface area contributed by atoms with E-state index in [9.17, 15) is 14.7 Å². The molecule has 0 saturated heterocycles. The summed E-state index contributed by atoms with van der Waals surface area (Å²) in [5.74, 6) is 9.37. The Bertz CT molecular complexity index is 840. The highest BCUT2D eigenvalue weighted by atomic mass is 35.5. The highest BCUT2D eigenvalue weighted by Gasteiger charge is 2.09. The number of rotatable bonds is 3. The van der Waals surface area contributed by atoms with E-state index in [2.05, 4.69) is 11.8 Å². The Morgan fingerprint density at radius 3 is 2.71 bits per heavy atom. The molecular formula is C17H13ClN2O4. The molecule has 1 amide bonds. The molecule has 2 aromatic rings. The first-order valence-electron chi connectivity index (χ1n) is 6.77. The predicted octanol–water partition coefficient (Wildman–Crippen LogP) is 1.86. The number of hydrazine groups is 1. The van der Waals surface area contributed by atoms with Gasteiger partial charge in [0.15, 0.2) is 6.61 Å². The summed E-state index contributed by atoms with van der Waals surface area (Å²) in [7, 11) is 0. The molecule has 0 saturated carbocycles. The zero-order valence-electron chi connectivity index (χ0n) is 12.4. The lowest BCUT2D eigenvalue weighted by atomic mass is 10.1. The van der Waals surface area contributed by atoms with Crippen molar-refractivity contribution in [2.45, 2.75) is 0 Å². The minimum absolute atomic E-state index is 0.0607. The fraction of sp³-hybridized carbons (Fsp3) is 0.0588. The lowest BCUT2D eigenvalue weighted by molar-refractivity contribution is 0.0556. The van der Waals surface area contributed by atoms with Crippen LogP contribution < -0.4 is 11.3 Å². The lowest BCUT2D eigenvalue weighted by Crippen LogP contribution is -2.29. The Hall–Kier alpha value is -3.01. The number of esters is 1. The smallest absolute Gasteiger partial charge is 0.339 e. The van der Waals surface area contributed by atoms with Crippen molar-refractivity contribution < 1.29 is 19.4 Å². The van der Waals surface area contributed by atoms with Crippen molar-refractivity contribution in [2.24, 2.45) is 5.84 Å². The summed E-state index contributed by atoms with van der Waals surface area (Å²) in [6.07, 6.45) is 0. The molecule has 6 nitrogen and oxygen atoms in total. The van der Waals surface area contributed by atoms with Crippen molar-refractivity contribution >= 4 is 23.5 Å². The van der Waals surface area contributed by atoms with E-state index >= 15 is 0 Å². The van der Waals surface area contributed by atoms with Crippen LogP contribution in [0.25, 0.3) is 0 Å². The normalized spacial score (nSPS) is 9.58. The van der Waals surface area contributed by atoms with Crippen molar-refractivity contribution in [3.05, 3.63) is 64.2 Å². The van der Waals surface area contributed by atoms with E-state index in [4.69, 9.17) is 22.2 Å². The summed E-state index contributed by atoms with van der Waals surface area (Å²) in [4.78, 5) is 23.2. The van der Waals surface area contributed by atoms with E-state index in [1.54, 1.807) is 24.3 Å². The summed E-state index contributed by atoms with van der Waals surface area (Å²) in [6.45, 7) is -0.134. The Morgan fingerprint density at radius 1 is 1.21 bits per heavy atom. The third kappa shape index (κ3) is 4.49. The average Bonchev–Trinajstić information content (AvgIpc) is 2.60. The molecule has 7 heteroatoms. The largest absolute Gasteiger partial charge is 0.506 e. The van der Waals surface area contributed by atoms with Crippen LogP contribution in [0.5, 0.6) is 5.75 Å². The predicted molar refractivity (Wildman–Crippen MR) is 88.4 cm³/mol. The summed E-state index contributed by atoms with van der Waals surface area (Å²) in [6, 6.07) is 10.5. The SMILES string of the molecule is NNC(=O)c1cccc(C#CCOC(=O)c2ccc(O)c(Cl)c2)c1. The second kappa shape index (κ2) is 8.02. The molecule has 0 unspecified atom stereocenters. The van der Waals surface area contributed by atoms with Gasteiger partial charge in [0.2, 0.25) is 0 Å². The molecule has 0 atom stereocenters. The van der Waals surface area contributed by atoms with Crippen LogP contribution >= 0.6 is 11.6 Å². The van der Waals surface area contributed by atoms with Gasteiger partial charge in [0.1, 0.15) is 5.75 Å². The first-order chi connectivity index (χ1) is 11.5. The molecule has 0 aliphatic heterocycles. The van der Waals surface area contributed by atoms with Crippen LogP contribution in [0.15, 0.2) is 42.5 Å². The zero-order valence-corrected chi connectivity index (χ0v) is 13.1. The number of carbonyl (C=O) groups is 2. The van der Waals surface area contributed by atoms with Gasteiger partial charge in [-0.15, -0.1) is 0 Å². The van der Waals surface area contributed by atoms with E-state index in [1.807, 2.05) is 5.43 Å². The summed E-state index contributed by atoms with van der Waals surface area (Å²) < 4.78 is 4.99. The van der Waals surface area contributed by atoms with E-state index in [1.165, 1.54) is 18.2 Å². The van der Waals surface area contributed by atoms with Crippen molar-refractivity contribution in [3.63, 3.8) is 0 Å². The molecular weight excluding hydrogens is 332 g/mol. The van der Waals surface area contributed by atoms with E-state index in [0.29, 0.717) is 11.1 Å². The maximum Gasteiger partial charge on any atom is 0.339 e. The average molecular weight is 345 g/mol. The van der Waals surface area contributed by atoms with Gasteiger partial charge < -0.3 is 9.84 Å². The number of hydrogen-bond acceptors (Lipinski definition) is 5. The Balaban J connectivity index is 1.97. The molecule has 0 radical (unpaired) electrons. The van der Waals surface area contributed by atoms with E-state index in [0.717, 1.165) is 0 Å². The number of nitrogens with one attached hydrogen (secondary N) is 1. The molecule has 122 valence electrons. The number of nitrogen functional groups attached to an aromatic ring is 1. The number of hydrogen-bond donors (Lipinski definition) is 3. The Kier molecular flexibility index (Phi) is 5.79. The van der Waals surface area contributed by atoms with Gasteiger partial charge in [-0.3, -0.25) is 10.2 Å². The number of nitrogens with two attached hydrogens (primary N) is 1. The molecule has 24 heavy (non-hydrogen) atoms. The molecule has 2 rings (SSSR count). The highest BCUT2D eigenvalue weighted by Crippen LogP contribution is 2.23. The van der Waals surface area contributed by atoms with Crippen molar-refractivity contribution in [2.75, 3.05) is 6.61 Å². The maximum atomic E-state index is 11.8. The number of carbonyl (C=O) groups excluding carboxylic acids is 2. The van der Waals surface area contributed by atoms with Crippen molar-refractivity contribution in [1.29, 1.82) is 0 Å². The first-order valence-corrected chi connectivity index (χ1v) is 7.14. The van der Waals surface area contributed by atoms with Gasteiger partial charge in [0.05, 0.1) is 10.6 Å². The van der Waals surface area contributed by atoms with Crippen LogP contribution in [0.3, 0.4) is 0 Å². The van der Waals surface area contributed by atoms with Gasteiger partial charge in [-0.1, -0.05) is 29.5 Å². The lowest BCUT2D eigenvalue weighted by Gasteiger charge is -2.02. The number of benzene rings is 2. The van der Waals surface area contributed by atoms with Crippen LogP contribution in [0.4, 0.5) is 0 Å². The number of phenolic OH excluding ortho intramolecular Hbond substituents is 1. The number of ether oxygens (including phenoxy) is 1. The minimum atomic E-state index is -0.609. The molecule has 0 aliphatic rings. The summed E-state index contributed by atoms with van der Waals surface area (Å²) in [5.41, 5.74) is 3.20. The van der Waals surface area contributed by atoms with Gasteiger partial charge in [0.25, 0.3) is 5.91 Å². The van der Waals surface area contributed by atoms with Gasteiger partial charge in [-0.2, -0.15) is 0 Å². The van der Waals surface area contributed by atoms with Crippen LogP contribution in [0, 0.1) is 11.8 Å². The number of aromatic hydroxyl groups is 1. The van der Waals surface area contributed by atoms with E-state index < -0.39 is 11.9 Å². The van der Waals surface area contributed by atoms with Gasteiger partial charge in [-0.25, -0.2) is 10.6 Å². The molecule has 0 spiro atoms. The maximum absolute atomic E-state index is 11.8. The third-order valence-electron chi connectivity index (χ3n) is 2.95. The van der Waals surface area contributed by atoms with Crippen molar-refractivity contribution in [1.82, 2.24) is 5.43 Å². The first kappa shape index (κ1) is 17.3. The topological polar surface area (TPSA) is 102 Å². The molecule has 0 aliphatic carbocycles. The quantitative estimate of drug-likeness (QED) is 0.259. The standard InChI is InChI=1S/C17H13ClN2O4/c18-14-10-13(6-7-15(14)21)17(23)24-8-2-4-11-3-1-5-12(9-11)16(22)20-19/h1,3,5-7,9-10,21H,8,19H2,(H,20,22). The Morgan fingerprint density at radius 2 is 2.00 bits per heavy atom. The second-order valence-electron chi connectivity index (χ2n) is 4.60. The van der Waals surface area contributed by atoms with Crippen molar-refractivity contribution in [3.8, 4) is 17.6 Å². The summed E-state index contributed by atoms with van der Waals surface area (Å²) >= 11 is 5.72. The summed E-state index contributed by atoms with van der Waals surface area (Å²) in [5, 5.41) is 9.36. The Labute approximate surface area is 143 Å². The van der Waals surface area contributed by atoms with Gasteiger partial charge in [0, 0.05) is 11.1 Å². The van der Waals surface area contributed by atoms with Gasteiger partial charge in [-0.05, 0) is 36.4 Å². The van der Waals surface area contributed by atoms with Crippen LogP contribution in [0.2, 0.25) is 5.02 Å². The molecule has 4 N–H and O–H groups in total. The molecule has 2 aromatic carbocycles. The fourth-order valence-electron chi connectivity index (χ4n) is 1.78. The molecule has 0 bridgehead atoms. The number of amides is 1. The third-order valence-corrected chi connectivity index (χ3v) is 3.25. The minimum Gasteiger partial charge on any atom is -0.506 e. The number of phenols is 1. The number of halogens is 1. The van der Waals surface area contributed by atoms with Gasteiger partial charge >= 0.3 is 5.97 Å². The molecule has 0 aromatic heterocycles. The zero-order chi connectivity index (χ0) is 17.5. The highest BCUT2D eigenvalue weighted by molar-refractivity contribution is 6.32. The fourth-order valence-corrected chi connectivity index (χ4v) is 1.96. The molecule has 0 fully saturated rings. The monoisotopic (exact) mass is 344 g/mol.